The molecule has 1 aromatic rings. The fourth-order valence-electron chi connectivity index (χ4n) is 0.473. The molecule has 0 bridgehead atoms. The molecule has 1 aromatic heterocycles. The van der Waals surface area contributed by atoms with Crippen molar-refractivity contribution in [1.82, 2.24) is 5.16 Å². The van der Waals surface area contributed by atoms with Crippen molar-refractivity contribution < 1.29 is 9.63 Å². The van der Waals surface area contributed by atoms with E-state index in [-0.39, 0.29) is 0 Å². The molecule has 0 saturated heterocycles. The van der Waals surface area contributed by atoms with E-state index in [1.807, 2.05) is 0 Å². The summed E-state index contributed by atoms with van der Waals surface area (Å²) in [6.45, 7) is 0. The Labute approximate surface area is 60.8 Å². The third-order valence-corrected chi connectivity index (χ3v) is 1.56. The summed E-state index contributed by atoms with van der Waals surface area (Å²) in [5, 5.41) is 13.1. The number of hydrogen-bond acceptors (Lipinski definition) is 3. The van der Waals surface area contributed by atoms with E-state index in [1.54, 1.807) is 6.07 Å². The van der Waals surface area contributed by atoms with Crippen molar-refractivity contribution >= 4 is 15.9 Å². The minimum absolute atomic E-state index is 0.486. The molecule has 50 valence electrons. The number of hydrogen-bond donors (Lipinski definition) is 1. The van der Waals surface area contributed by atoms with Gasteiger partial charge in [0.1, 0.15) is 18.1 Å². The van der Waals surface area contributed by atoms with Crippen molar-refractivity contribution in [2.24, 2.45) is 0 Å². The Morgan fingerprint density at radius 1 is 1.89 bits per heavy atom. The second-order valence-corrected chi connectivity index (χ2v) is 2.24. The average Bonchev–Trinajstić information content (AvgIpc) is 2.37. The Kier molecular flexibility index (Phi) is 2.24. The van der Waals surface area contributed by atoms with Crippen LogP contribution in [0.2, 0.25) is 0 Å². The summed E-state index contributed by atoms with van der Waals surface area (Å²) in [5.41, 5.74) is 0.562. The summed E-state index contributed by atoms with van der Waals surface area (Å²) >= 11 is 3.10. The van der Waals surface area contributed by atoms with Gasteiger partial charge in [0.2, 0.25) is 0 Å². The van der Waals surface area contributed by atoms with Gasteiger partial charge in [-0.05, 0) is 0 Å². The molecule has 9 heavy (non-hydrogen) atoms. The second kappa shape index (κ2) is 2.98. The molecule has 1 N–H and O–H groups in total. The number of rotatable bonds is 2. The van der Waals surface area contributed by atoms with E-state index in [9.17, 15) is 0 Å². The van der Waals surface area contributed by atoms with Crippen LogP contribution in [0.25, 0.3) is 0 Å². The first-order valence-corrected chi connectivity index (χ1v) is 3.61. The number of alkyl halides is 1. The maximum atomic E-state index is 9.05. The summed E-state index contributed by atoms with van der Waals surface area (Å²) in [7, 11) is 0. The second-order valence-electron chi connectivity index (χ2n) is 1.59. The lowest BCUT2D eigenvalue weighted by Gasteiger charge is -1.97. The Bertz CT molecular complexity index is 163. The van der Waals surface area contributed by atoms with Gasteiger partial charge in [-0.1, -0.05) is 21.1 Å². The molecule has 0 aliphatic carbocycles. The number of halogens is 1. The predicted molar refractivity (Wildman–Crippen MR) is 35.3 cm³/mol. The lowest BCUT2D eigenvalue weighted by atomic mass is 10.3. The van der Waals surface area contributed by atoms with Gasteiger partial charge in [-0.3, -0.25) is 0 Å². The zero-order valence-corrected chi connectivity index (χ0v) is 6.21. The lowest BCUT2D eigenvalue weighted by molar-refractivity contribution is 0.194. The molecule has 0 spiro atoms. The summed E-state index contributed by atoms with van der Waals surface area (Å²) in [5.74, 6) is 0. The highest BCUT2D eigenvalue weighted by Crippen LogP contribution is 2.11. The topological polar surface area (TPSA) is 46.3 Å². The molecule has 1 heterocycles. The highest BCUT2D eigenvalue weighted by Gasteiger charge is 2.06. The van der Waals surface area contributed by atoms with E-state index in [0.29, 0.717) is 11.0 Å². The molecule has 3 nitrogen and oxygen atoms in total. The van der Waals surface area contributed by atoms with E-state index < -0.39 is 6.10 Å². The Morgan fingerprint density at radius 2 is 2.67 bits per heavy atom. The molecule has 0 aromatic carbocycles. The van der Waals surface area contributed by atoms with Crippen LogP contribution < -0.4 is 0 Å². The first kappa shape index (κ1) is 6.77. The van der Waals surface area contributed by atoms with Crippen LogP contribution in [0.1, 0.15) is 11.8 Å². The van der Waals surface area contributed by atoms with Gasteiger partial charge >= 0.3 is 0 Å². The van der Waals surface area contributed by atoms with Crippen LogP contribution in [0.15, 0.2) is 16.9 Å². The Balaban J connectivity index is 2.65. The van der Waals surface area contributed by atoms with Crippen molar-refractivity contribution in [3.63, 3.8) is 0 Å². The van der Waals surface area contributed by atoms with Crippen LogP contribution in [0.3, 0.4) is 0 Å². The molecule has 0 aliphatic heterocycles. The van der Waals surface area contributed by atoms with Crippen LogP contribution in [0.4, 0.5) is 0 Å². The minimum Gasteiger partial charge on any atom is -0.386 e. The molecule has 0 aliphatic rings. The Hall–Kier alpha value is -0.350. The van der Waals surface area contributed by atoms with E-state index in [0.717, 1.165) is 0 Å². The highest BCUT2D eigenvalue weighted by molar-refractivity contribution is 9.09. The van der Waals surface area contributed by atoms with Gasteiger partial charge in [0.05, 0.1) is 0 Å². The summed E-state index contributed by atoms with van der Waals surface area (Å²) in [6.07, 6.45) is 0.880. The summed E-state index contributed by atoms with van der Waals surface area (Å²) in [6, 6.07) is 1.63. The van der Waals surface area contributed by atoms with Crippen LogP contribution >= 0.6 is 15.9 Å². The lowest BCUT2D eigenvalue weighted by Crippen LogP contribution is -1.97. The molecule has 0 radical (unpaired) electrons. The first-order valence-electron chi connectivity index (χ1n) is 2.49. The van der Waals surface area contributed by atoms with Gasteiger partial charge in [0.15, 0.2) is 0 Å². The van der Waals surface area contributed by atoms with Gasteiger partial charge in [-0.25, -0.2) is 0 Å². The number of aliphatic hydroxyl groups excluding tert-OH is 1. The maximum absolute atomic E-state index is 9.05. The van der Waals surface area contributed by atoms with Crippen molar-refractivity contribution in [1.29, 1.82) is 0 Å². The van der Waals surface area contributed by atoms with Crippen molar-refractivity contribution in [2.75, 3.05) is 5.33 Å². The fraction of sp³-hybridized carbons (Fsp3) is 0.400. The third kappa shape index (κ3) is 1.53. The van der Waals surface area contributed by atoms with Crippen LogP contribution in [0, 0.1) is 0 Å². The molecule has 1 rings (SSSR count). The predicted octanol–water partition coefficient (Wildman–Crippen LogP) is 1.10. The standard InChI is InChI=1S/C5H6BrNO2/c6-3-5(8)4-1-2-9-7-4/h1-2,5,8H,3H2. The van der Waals surface area contributed by atoms with Gasteiger partial charge in [0.25, 0.3) is 0 Å². The monoisotopic (exact) mass is 191 g/mol. The summed E-state index contributed by atoms with van der Waals surface area (Å²) < 4.78 is 4.51. The third-order valence-electron chi connectivity index (χ3n) is 0.945. The first-order chi connectivity index (χ1) is 4.34. The fourth-order valence-corrected chi connectivity index (χ4v) is 0.805. The summed E-state index contributed by atoms with van der Waals surface area (Å²) in [4.78, 5) is 0. The number of aromatic nitrogens is 1. The average molecular weight is 192 g/mol. The molecule has 0 fully saturated rings. The molecule has 4 heteroatoms. The largest absolute Gasteiger partial charge is 0.386 e. The highest BCUT2D eigenvalue weighted by atomic mass is 79.9. The Morgan fingerprint density at radius 3 is 3.11 bits per heavy atom. The molecular weight excluding hydrogens is 186 g/mol. The van der Waals surface area contributed by atoms with Gasteiger partial charge in [-0.15, -0.1) is 0 Å². The van der Waals surface area contributed by atoms with Crippen LogP contribution in [0.5, 0.6) is 0 Å². The minimum atomic E-state index is -0.552. The zero-order valence-electron chi connectivity index (χ0n) is 4.62. The number of nitrogens with zero attached hydrogens (tertiary/aromatic N) is 1. The zero-order chi connectivity index (χ0) is 6.69. The number of aliphatic hydroxyl groups is 1. The van der Waals surface area contributed by atoms with Gasteiger partial charge in [0, 0.05) is 11.4 Å². The molecule has 0 amide bonds. The van der Waals surface area contributed by atoms with E-state index >= 15 is 0 Å². The van der Waals surface area contributed by atoms with Gasteiger partial charge < -0.3 is 9.63 Å². The SMILES string of the molecule is OC(CBr)c1ccon1. The van der Waals surface area contributed by atoms with Gasteiger partial charge in [-0.2, -0.15) is 0 Å². The van der Waals surface area contributed by atoms with E-state index in [1.165, 1.54) is 6.26 Å². The van der Waals surface area contributed by atoms with Crippen LogP contribution in [-0.4, -0.2) is 15.6 Å². The normalized spacial score (nSPS) is 13.6. The molecule has 0 saturated carbocycles. The molecule has 1 unspecified atom stereocenters. The molecular formula is C5H6BrNO2. The van der Waals surface area contributed by atoms with Crippen molar-refractivity contribution in [3.8, 4) is 0 Å². The van der Waals surface area contributed by atoms with Crippen molar-refractivity contribution in [2.45, 2.75) is 6.10 Å². The van der Waals surface area contributed by atoms with Crippen molar-refractivity contribution in [3.05, 3.63) is 18.0 Å². The van der Waals surface area contributed by atoms with E-state index in [4.69, 9.17) is 5.11 Å². The van der Waals surface area contributed by atoms with E-state index in [2.05, 4.69) is 25.6 Å². The maximum Gasteiger partial charge on any atom is 0.124 e. The smallest absolute Gasteiger partial charge is 0.124 e. The molecule has 1 atom stereocenters. The quantitative estimate of drug-likeness (QED) is 0.713. The van der Waals surface area contributed by atoms with Crippen LogP contribution in [-0.2, 0) is 0 Å².